The highest BCUT2D eigenvalue weighted by Gasteiger charge is 2.36. The first-order chi connectivity index (χ1) is 12.2. The Morgan fingerprint density at radius 3 is 2.50 bits per heavy atom. The highest BCUT2D eigenvalue weighted by molar-refractivity contribution is 8.27. The van der Waals surface area contributed by atoms with Gasteiger partial charge in [-0.05, 0) is 35.9 Å². The summed E-state index contributed by atoms with van der Waals surface area (Å²) < 4.78 is 38.9. The van der Waals surface area contributed by atoms with Crippen LogP contribution in [0.2, 0.25) is 10.0 Å². The highest BCUT2D eigenvalue weighted by atomic mass is 35.5. The molecule has 2 aromatic carbocycles. The van der Waals surface area contributed by atoms with Crippen LogP contribution in [0.5, 0.6) is 0 Å². The second-order valence-corrected chi connectivity index (χ2v) is 7.67. The lowest BCUT2D eigenvalue weighted by Crippen LogP contribution is -2.27. The zero-order valence-corrected chi connectivity index (χ0v) is 15.8. The normalized spacial score (nSPS) is 16.7. The van der Waals surface area contributed by atoms with Crippen LogP contribution >= 0.6 is 47.2 Å². The van der Waals surface area contributed by atoms with E-state index in [1.54, 1.807) is 18.2 Å². The number of amides is 1. The molecule has 1 heterocycles. The summed E-state index contributed by atoms with van der Waals surface area (Å²) in [4.78, 5) is 14.0. The molecule has 0 radical (unpaired) electrons. The van der Waals surface area contributed by atoms with Crippen LogP contribution in [-0.2, 0) is 11.0 Å². The van der Waals surface area contributed by atoms with E-state index in [4.69, 9.17) is 35.4 Å². The molecule has 26 heavy (non-hydrogen) atoms. The van der Waals surface area contributed by atoms with Gasteiger partial charge < -0.3 is 0 Å². The van der Waals surface area contributed by atoms with Gasteiger partial charge in [-0.1, -0.05) is 65.4 Å². The van der Waals surface area contributed by atoms with Crippen molar-refractivity contribution in [2.45, 2.75) is 6.18 Å². The molecule has 0 unspecified atom stereocenters. The molecule has 1 amide bonds. The molecule has 1 aliphatic heterocycles. The summed E-state index contributed by atoms with van der Waals surface area (Å²) in [7, 11) is 0. The lowest BCUT2D eigenvalue weighted by atomic mass is 10.1. The number of thiocarbonyl (C=S) groups is 1. The Balaban J connectivity index is 1.98. The first-order valence-electron chi connectivity index (χ1n) is 7.07. The number of hydrogen-bond acceptors (Lipinski definition) is 3. The van der Waals surface area contributed by atoms with Crippen LogP contribution in [0, 0.1) is 0 Å². The monoisotopic (exact) mass is 433 g/mol. The molecule has 2 aromatic rings. The number of nitrogens with zero attached hydrogens (tertiary/aromatic N) is 1. The van der Waals surface area contributed by atoms with Gasteiger partial charge in [0.2, 0.25) is 0 Å². The Morgan fingerprint density at radius 2 is 1.81 bits per heavy atom. The quantitative estimate of drug-likeness (QED) is 0.402. The van der Waals surface area contributed by atoms with Crippen molar-refractivity contribution in [3.8, 4) is 0 Å². The van der Waals surface area contributed by atoms with Gasteiger partial charge in [0, 0.05) is 0 Å². The molecule has 0 saturated carbocycles. The van der Waals surface area contributed by atoms with Crippen molar-refractivity contribution in [3.63, 3.8) is 0 Å². The van der Waals surface area contributed by atoms with E-state index in [9.17, 15) is 18.0 Å². The van der Waals surface area contributed by atoms with Gasteiger partial charge >= 0.3 is 6.18 Å². The fraction of sp³-hybridized carbons (Fsp3) is 0.0588. The summed E-state index contributed by atoms with van der Waals surface area (Å²) in [5.74, 6) is -0.518. The average molecular weight is 434 g/mol. The molecule has 3 rings (SSSR count). The SMILES string of the molecule is O=C1/C(=C/c2cccc(Cl)c2Cl)SC(=S)N1c1cccc(C(F)(F)F)c1. The van der Waals surface area contributed by atoms with E-state index in [2.05, 4.69) is 0 Å². The first-order valence-corrected chi connectivity index (χ1v) is 9.06. The summed E-state index contributed by atoms with van der Waals surface area (Å²) in [6.07, 6.45) is -3.00. The van der Waals surface area contributed by atoms with Gasteiger partial charge in [-0.3, -0.25) is 9.69 Å². The number of carbonyl (C=O) groups is 1. The molecule has 0 spiro atoms. The van der Waals surface area contributed by atoms with Gasteiger partial charge in [0.05, 0.1) is 26.2 Å². The third-order valence-electron chi connectivity index (χ3n) is 3.49. The molecule has 0 aliphatic carbocycles. The number of halogens is 5. The molecular weight excluding hydrogens is 426 g/mol. The van der Waals surface area contributed by atoms with E-state index in [-0.39, 0.29) is 19.9 Å². The van der Waals surface area contributed by atoms with Crippen LogP contribution < -0.4 is 4.90 Å². The maximum atomic E-state index is 12.9. The van der Waals surface area contributed by atoms with Crippen molar-refractivity contribution in [2.24, 2.45) is 0 Å². The van der Waals surface area contributed by atoms with Crippen LogP contribution in [0.1, 0.15) is 11.1 Å². The van der Waals surface area contributed by atoms with Crippen LogP contribution in [0.3, 0.4) is 0 Å². The van der Waals surface area contributed by atoms with Gasteiger partial charge in [0.15, 0.2) is 4.32 Å². The van der Waals surface area contributed by atoms with Crippen molar-refractivity contribution >= 4 is 69.2 Å². The van der Waals surface area contributed by atoms with Gasteiger partial charge in [-0.15, -0.1) is 0 Å². The van der Waals surface area contributed by atoms with Gasteiger partial charge in [-0.2, -0.15) is 13.2 Å². The topological polar surface area (TPSA) is 20.3 Å². The standard InChI is InChI=1S/C17H8Cl2F3NOS2/c18-12-6-1-3-9(14(12)19)7-13-15(24)23(16(25)26-13)11-5-2-4-10(8-11)17(20,21)22/h1-8H/b13-7-. The maximum Gasteiger partial charge on any atom is 0.416 e. The van der Waals surface area contributed by atoms with E-state index >= 15 is 0 Å². The molecule has 1 aliphatic rings. The molecule has 0 N–H and O–H groups in total. The molecule has 0 bridgehead atoms. The number of hydrogen-bond donors (Lipinski definition) is 0. The molecule has 134 valence electrons. The number of benzene rings is 2. The Hall–Kier alpha value is -1.54. The predicted octanol–water partition coefficient (Wildman–Crippen LogP) is 6.42. The molecule has 1 saturated heterocycles. The Labute approximate surface area is 166 Å². The van der Waals surface area contributed by atoms with E-state index in [0.29, 0.717) is 10.6 Å². The summed E-state index contributed by atoms with van der Waals surface area (Å²) in [5, 5.41) is 0.604. The zero-order valence-electron chi connectivity index (χ0n) is 12.7. The Morgan fingerprint density at radius 1 is 1.12 bits per heavy atom. The van der Waals surface area contributed by atoms with Gasteiger partial charge in [0.1, 0.15) is 0 Å². The minimum atomic E-state index is -4.51. The zero-order chi connectivity index (χ0) is 19.1. The van der Waals surface area contributed by atoms with E-state index in [1.807, 2.05) is 0 Å². The summed E-state index contributed by atoms with van der Waals surface area (Å²) in [6, 6.07) is 9.40. The molecule has 2 nitrogen and oxygen atoms in total. The maximum absolute atomic E-state index is 12.9. The van der Waals surface area contributed by atoms with E-state index < -0.39 is 17.6 Å². The highest BCUT2D eigenvalue weighted by Crippen LogP contribution is 2.39. The van der Waals surface area contributed by atoms with Crippen LogP contribution in [0.4, 0.5) is 18.9 Å². The third-order valence-corrected chi connectivity index (χ3v) is 5.63. The molecule has 0 aromatic heterocycles. The smallest absolute Gasteiger partial charge is 0.268 e. The Kier molecular flexibility index (Phi) is 5.35. The lowest BCUT2D eigenvalue weighted by Gasteiger charge is -2.16. The van der Waals surface area contributed by atoms with Crippen molar-refractivity contribution in [1.29, 1.82) is 0 Å². The number of rotatable bonds is 2. The molecule has 1 fully saturated rings. The first kappa shape index (κ1) is 19.2. The summed E-state index contributed by atoms with van der Waals surface area (Å²) in [5.41, 5.74) is -0.280. The number of thioether (sulfide) groups is 1. The van der Waals surface area contributed by atoms with Crippen LogP contribution in [0.25, 0.3) is 6.08 Å². The number of anilines is 1. The Bertz CT molecular complexity index is 944. The number of alkyl halides is 3. The summed E-state index contributed by atoms with van der Waals surface area (Å²) in [6.45, 7) is 0. The van der Waals surface area contributed by atoms with Crippen molar-refractivity contribution < 1.29 is 18.0 Å². The van der Waals surface area contributed by atoms with Crippen LogP contribution in [-0.4, -0.2) is 10.2 Å². The van der Waals surface area contributed by atoms with Crippen molar-refractivity contribution in [1.82, 2.24) is 0 Å². The van der Waals surface area contributed by atoms with Crippen molar-refractivity contribution in [2.75, 3.05) is 4.90 Å². The lowest BCUT2D eigenvalue weighted by molar-refractivity contribution is -0.137. The van der Waals surface area contributed by atoms with Crippen LogP contribution in [0.15, 0.2) is 47.4 Å². The van der Waals surface area contributed by atoms with E-state index in [0.717, 1.165) is 28.8 Å². The minimum absolute atomic E-state index is 0.0583. The number of carbonyl (C=O) groups excluding carboxylic acids is 1. The second-order valence-electron chi connectivity index (χ2n) is 5.21. The fourth-order valence-electron chi connectivity index (χ4n) is 2.28. The minimum Gasteiger partial charge on any atom is -0.268 e. The average Bonchev–Trinajstić information content (AvgIpc) is 2.85. The largest absolute Gasteiger partial charge is 0.416 e. The van der Waals surface area contributed by atoms with Gasteiger partial charge in [0.25, 0.3) is 5.91 Å². The fourth-order valence-corrected chi connectivity index (χ4v) is 3.94. The van der Waals surface area contributed by atoms with E-state index in [1.165, 1.54) is 18.2 Å². The molecule has 9 heteroatoms. The predicted molar refractivity (Wildman–Crippen MR) is 104 cm³/mol. The molecule has 0 atom stereocenters. The van der Waals surface area contributed by atoms with Gasteiger partial charge in [-0.25, -0.2) is 0 Å². The van der Waals surface area contributed by atoms with Crippen molar-refractivity contribution in [3.05, 3.63) is 68.5 Å². The second kappa shape index (κ2) is 7.23. The summed E-state index contributed by atoms with van der Waals surface area (Å²) >= 11 is 18.2. The molecular formula is C17H8Cl2F3NOS2. The third kappa shape index (κ3) is 3.76.